The molecule has 3 rings (SSSR count). The predicted molar refractivity (Wildman–Crippen MR) is 95.7 cm³/mol. The van der Waals surface area contributed by atoms with E-state index in [1.807, 2.05) is 30.3 Å². The van der Waals surface area contributed by atoms with Crippen molar-refractivity contribution in [3.05, 3.63) is 87.1 Å². The topological polar surface area (TPSA) is 80.1 Å². The van der Waals surface area contributed by atoms with E-state index in [1.54, 1.807) is 24.3 Å². The number of hydrogen-bond donors (Lipinski definition) is 0. The summed E-state index contributed by atoms with van der Waals surface area (Å²) in [7, 11) is 0. The van der Waals surface area contributed by atoms with Gasteiger partial charge in [0, 0.05) is 11.6 Å². The van der Waals surface area contributed by atoms with Gasteiger partial charge in [-0.15, -0.1) is 0 Å². The van der Waals surface area contributed by atoms with Crippen LogP contribution in [0.2, 0.25) is 5.02 Å². The third-order valence-electron chi connectivity index (χ3n) is 3.55. The largest absolute Gasteiger partial charge is 0.457 e. The van der Waals surface area contributed by atoms with Gasteiger partial charge in [-0.25, -0.2) is 0 Å². The van der Waals surface area contributed by atoms with Crippen molar-refractivity contribution in [2.75, 3.05) is 0 Å². The second kappa shape index (κ2) is 7.04. The zero-order chi connectivity index (χ0) is 17.8. The molecule has 3 aromatic rings. The minimum atomic E-state index is -0.543. The Hall–Kier alpha value is -3.36. The molecule has 25 heavy (non-hydrogen) atoms. The number of benzene rings is 2. The van der Waals surface area contributed by atoms with Crippen LogP contribution in [0.1, 0.15) is 11.3 Å². The lowest BCUT2D eigenvalue weighted by Gasteiger charge is -2.00. The fourth-order valence-electron chi connectivity index (χ4n) is 2.33. The summed E-state index contributed by atoms with van der Waals surface area (Å²) in [4.78, 5) is 10.5. The molecule has 1 heterocycles. The van der Waals surface area contributed by atoms with Crippen LogP contribution < -0.4 is 0 Å². The molecule has 0 aliphatic carbocycles. The van der Waals surface area contributed by atoms with Crippen LogP contribution in [0, 0.1) is 21.4 Å². The van der Waals surface area contributed by atoms with E-state index in [2.05, 4.69) is 6.07 Å². The highest BCUT2D eigenvalue weighted by atomic mass is 35.5. The first-order valence-corrected chi connectivity index (χ1v) is 7.67. The minimum Gasteiger partial charge on any atom is -0.457 e. The maximum atomic E-state index is 11.0. The molecule has 0 spiro atoms. The lowest BCUT2D eigenvalue weighted by Crippen LogP contribution is -1.89. The highest BCUT2D eigenvalue weighted by molar-refractivity contribution is 6.32. The van der Waals surface area contributed by atoms with Crippen molar-refractivity contribution >= 4 is 28.9 Å². The van der Waals surface area contributed by atoms with Gasteiger partial charge in [0.15, 0.2) is 0 Å². The molecule has 0 aliphatic rings. The van der Waals surface area contributed by atoms with Gasteiger partial charge in [0.25, 0.3) is 5.69 Å². The number of rotatable bonds is 4. The summed E-state index contributed by atoms with van der Waals surface area (Å²) in [5, 5.41) is 20.4. The Morgan fingerprint density at radius 3 is 2.60 bits per heavy atom. The number of nitrogens with zero attached hydrogens (tertiary/aromatic N) is 2. The lowest BCUT2D eigenvalue weighted by molar-refractivity contribution is -0.384. The Morgan fingerprint density at radius 2 is 1.92 bits per heavy atom. The van der Waals surface area contributed by atoms with Gasteiger partial charge in [0.1, 0.15) is 16.5 Å². The van der Waals surface area contributed by atoms with Crippen molar-refractivity contribution in [2.45, 2.75) is 0 Å². The molecule has 0 N–H and O–H groups in total. The van der Waals surface area contributed by atoms with Gasteiger partial charge < -0.3 is 4.42 Å². The lowest BCUT2D eigenvalue weighted by atomic mass is 10.1. The second-order valence-electron chi connectivity index (χ2n) is 5.16. The van der Waals surface area contributed by atoms with Gasteiger partial charge in [0.2, 0.25) is 0 Å². The Bertz CT molecular complexity index is 1000. The first-order valence-electron chi connectivity index (χ1n) is 7.30. The molecule has 6 heteroatoms. The first-order chi connectivity index (χ1) is 12.1. The summed E-state index contributed by atoms with van der Waals surface area (Å²) in [5.74, 6) is 0.935. The Balaban J connectivity index is 1.96. The summed E-state index contributed by atoms with van der Waals surface area (Å²) in [6.07, 6.45) is 1.63. The Kier molecular flexibility index (Phi) is 4.64. The number of nitro benzene ring substituents is 1. The molecule has 0 aliphatic heterocycles. The molecule has 0 unspecified atom stereocenters. The average Bonchev–Trinajstić information content (AvgIpc) is 3.09. The Labute approximate surface area is 148 Å². The smallest absolute Gasteiger partial charge is 0.288 e. The molecule has 0 saturated carbocycles. The number of furan rings is 1. The number of nitro groups is 1. The molecule has 0 bridgehead atoms. The van der Waals surface area contributed by atoms with E-state index in [4.69, 9.17) is 16.0 Å². The molecule has 0 fully saturated rings. The van der Waals surface area contributed by atoms with E-state index in [1.165, 1.54) is 12.1 Å². The van der Waals surface area contributed by atoms with Gasteiger partial charge >= 0.3 is 0 Å². The normalized spacial score (nSPS) is 11.1. The number of halogens is 1. The van der Waals surface area contributed by atoms with Crippen LogP contribution in [0.3, 0.4) is 0 Å². The van der Waals surface area contributed by atoms with Crippen LogP contribution in [-0.2, 0) is 0 Å². The van der Waals surface area contributed by atoms with Crippen LogP contribution >= 0.6 is 11.6 Å². The molecular formula is C19H11ClN2O3. The molecule has 0 saturated heterocycles. The quantitative estimate of drug-likeness (QED) is 0.350. The number of hydrogen-bond acceptors (Lipinski definition) is 4. The summed E-state index contributed by atoms with van der Waals surface area (Å²) >= 11 is 5.82. The highest BCUT2D eigenvalue weighted by Crippen LogP contribution is 2.31. The van der Waals surface area contributed by atoms with E-state index >= 15 is 0 Å². The average molecular weight is 351 g/mol. The first kappa shape index (κ1) is 16.5. The maximum Gasteiger partial charge on any atom is 0.288 e. The monoisotopic (exact) mass is 350 g/mol. The van der Waals surface area contributed by atoms with Crippen LogP contribution in [0.25, 0.3) is 23.0 Å². The SMILES string of the molecule is N#CC(=Cc1ccc(-c2ccc(Cl)c([N+](=O)[O-])c2)o1)c1ccccc1. The van der Waals surface area contributed by atoms with Crippen molar-refractivity contribution in [2.24, 2.45) is 0 Å². The summed E-state index contributed by atoms with van der Waals surface area (Å²) in [6, 6.07) is 19.2. The van der Waals surface area contributed by atoms with Crippen molar-refractivity contribution in [3.63, 3.8) is 0 Å². The van der Waals surface area contributed by atoms with Crippen LogP contribution in [-0.4, -0.2) is 4.92 Å². The van der Waals surface area contributed by atoms with Crippen molar-refractivity contribution in [1.82, 2.24) is 0 Å². The zero-order valence-electron chi connectivity index (χ0n) is 12.8. The fourth-order valence-corrected chi connectivity index (χ4v) is 2.52. The van der Waals surface area contributed by atoms with E-state index in [-0.39, 0.29) is 10.7 Å². The Morgan fingerprint density at radius 1 is 1.16 bits per heavy atom. The summed E-state index contributed by atoms with van der Waals surface area (Å²) in [5.41, 5.74) is 1.59. The molecular weight excluding hydrogens is 340 g/mol. The molecule has 0 atom stereocenters. The minimum absolute atomic E-state index is 0.0660. The molecule has 5 nitrogen and oxygen atoms in total. The third kappa shape index (κ3) is 3.60. The fraction of sp³-hybridized carbons (Fsp3) is 0. The third-order valence-corrected chi connectivity index (χ3v) is 3.87. The molecule has 2 aromatic carbocycles. The summed E-state index contributed by atoms with van der Waals surface area (Å²) < 4.78 is 5.70. The second-order valence-corrected chi connectivity index (χ2v) is 5.57. The van der Waals surface area contributed by atoms with Crippen LogP contribution in [0.5, 0.6) is 0 Å². The van der Waals surface area contributed by atoms with Gasteiger partial charge in [-0.1, -0.05) is 41.9 Å². The van der Waals surface area contributed by atoms with E-state index in [9.17, 15) is 15.4 Å². The van der Waals surface area contributed by atoms with Crippen LogP contribution in [0.15, 0.2) is 65.1 Å². The summed E-state index contributed by atoms with van der Waals surface area (Å²) in [6.45, 7) is 0. The van der Waals surface area contributed by atoms with E-state index in [0.717, 1.165) is 5.56 Å². The van der Waals surface area contributed by atoms with Crippen molar-refractivity contribution < 1.29 is 9.34 Å². The number of allylic oxidation sites excluding steroid dienone is 1. The standard InChI is InChI=1S/C19H11ClN2O3/c20-17-8-6-14(11-18(17)22(23)24)19-9-7-16(25-19)10-15(12-21)13-4-2-1-3-5-13/h1-11H. The van der Waals surface area contributed by atoms with Gasteiger partial charge in [-0.2, -0.15) is 5.26 Å². The van der Waals surface area contributed by atoms with Gasteiger partial charge in [-0.3, -0.25) is 10.1 Å². The predicted octanol–water partition coefficient (Wildman–Crippen LogP) is 5.57. The van der Waals surface area contributed by atoms with Crippen molar-refractivity contribution in [1.29, 1.82) is 5.26 Å². The molecule has 1 aromatic heterocycles. The zero-order valence-corrected chi connectivity index (χ0v) is 13.6. The number of nitriles is 1. The van der Waals surface area contributed by atoms with E-state index in [0.29, 0.717) is 22.7 Å². The van der Waals surface area contributed by atoms with Crippen molar-refractivity contribution in [3.8, 4) is 17.4 Å². The van der Waals surface area contributed by atoms with Gasteiger partial charge in [-0.05, 0) is 35.9 Å². The molecule has 0 amide bonds. The molecule has 0 radical (unpaired) electrons. The molecule has 122 valence electrons. The maximum absolute atomic E-state index is 11.0. The van der Waals surface area contributed by atoms with Gasteiger partial charge in [0.05, 0.1) is 16.6 Å². The van der Waals surface area contributed by atoms with E-state index < -0.39 is 4.92 Å². The highest BCUT2D eigenvalue weighted by Gasteiger charge is 2.15. The van der Waals surface area contributed by atoms with Crippen LogP contribution in [0.4, 0.5) is 5.69 Å².